The summed E-state index contributed by atoms with van der Waals surface area (Å²) in [6.07, 6.45) is 3.60. The Kier molecular flexibility index (Phi) is 6.12. The topological polar surface area (TPSA) is 44.5 Å². The normalized spacial score (nSPS) is 20.9. The molecule has 1 aliphatic heterocycles. The molecule has 2 N–H and O–H groups in total. The second-order valence-electron chi connectivity index (χ2n) is 5.05. The summed E-state index contributed by atoms with van der Waals surface area (Å²) in [5.41, 5.74) is 7.68. The molecule has 3 nitrogen and oxygen atoms in total. The average Bonchev–Trinajstić information content (AvgIpc) is 2.44. The Hall–Kier alpha value is -0.320. The monoisotopic (exact) mass is 317 g/mol. The van der Waals surface area contributed by atoms with Gasteiger partial charge in [0.1, 0.15) is 0 Å². The zero-order valence-corrected chi connectivity index (χ0v) is 13.2. The average molecular weight is 318 g/mol. The zero-order valence-electron chi connectivity index (χ0n) is 11.7. The molecule has 0 saturated carbocycles. The van der Waals surface area contributed by atoms with Crippen molar-refractivity contribution >= 4 is 23.2 Å². The van der Waals surface area contributed by atoms with Gasteiger partial charge in [-0.15, -0.1) is 0 Å². The fourth-order valence-corrected chi connectivity index (χ4v) is 3.04. The predicted octanol–water partition coefficient (Wildman–Crippen LogP) is 4.10. The second-order valence-corrected chi connectivity index (χ2v) is 5.83. The minimum absolute atomic E-state index is 0.153. The molecular weight excluding hydrogens is 297 g/mol. The summed E-state index contributed by atoms with van der Waals surface area (Å²) in [5, 5.41) is 1.10. The van der Waals surface area contributed by atoms with Crippen molar-refractivity contribution in [3.05, 3.63) is 33.3 Å². The summed E-state index contributed by atoms with van der Waals surface area (Å²) < 4.78 is 11.6. The molecule has 1 fully saturated rings. The van der Waals surface area contributed by atoms with E-state index in [1.54, 1.807) is 0 Å². The van der Waals surface area contributed by atoms with Crippen LogP contribution in [-0.2, 0) is 15.9 Å². The molecule has 112 valence electrons. The fraction of sp³-hybridized carbons (Fsp3) is 0.600. The third-order valence-electron chi connectivity index (χ3n) is 3.54. The van der Waals surface area contributed by atoms with E-state index in [0.717, 1.165) is 43.4 Å². The Morgan fingerprint density at radius 1 is 1.40 bits per heavy atom. The van der Waals surface area contributed by atoms with Crippen LogP contribution in [0, 0.1) is 0 Å². The van der Waals surface area contributed by atoms with Crippen molar-refractivity contribution in [3.8, 4) is 0 Å². The molecule has 20 heavy (non-hydrogen) atoms. The SMILES string of the molecule is CC(OC1CCCCO1)c1c(CCN)ccc(Cl)c1Cl. The van der Waals surface area contributed by atoms with Gasteiger partial charge in [-0.2, -0.15) is 0 Å². The number of nitrogens with two attached hydrogens (primary N) is 1. The van der Waals surface area contributed by atoms with E-state index in [-0.39, 0.29) is 12.4 Å². The first-order valence-corrected chi connectivity index (χ1v) is 7.83. The van der Waals surface area contributed by atoms with E-state index in [1.165, 1.54) is 0 Å². The Morgan fingerprint density at radius 3 is 2.85 bits per heavy atom. The van der Waals surface area contributed by atoms with Gasteiger partial charge in [-0.25, -0.2) is 0 Å². The van der Waals surface area contributed by atoms with Crippen LogP contribution >= 0.6 is 23.2 Å². The number of ether oxygens (including phenoxy) is 2. The maximum Gasteiger partial charge on any atom is 0.158 e. The van der Waals surface area contributed by atoms with Gasteiger partial charge >= 0.3 is 0 Å². The third-order valence-corrected chi connectivity index (χ3v) is 4.36. The third kappa shape index (κ3) is 3.86. The molecule has 2 atom stereocenters. The molecule has 0 aliphatic carbocycles. The highest BCUT2D eigenvalue weighted by Gasteiger charge is 2.22. The molecule has 1 saturated heterocycles. The molecule has 5 heteroatoms. The highest BCUT2D eigenvalue weighted by molar-refractivity contribution is 6.42. The smallest absolute Gasteiger partial charge is 0.158 e. The van der Waals surface area contributed by atoms with Crippen LogP contribution in [0.4, 0.5) is 0 Å². The van der Waals surface area contributed by atoms with Gasteiger partial charge in [-0.1, -0.05) is 29.3 Å². The Bertz CT molecular complexity index is 448. The zero-order chi connectivity index (χ0) is 14.5. The van der Waals surface area contributed by atoms with Crippen LogP contribution in [0.1, 0.15) is 43.4 Å². The standard InChI is InChI=1S/C15H21Cl2NO2/c1-10(20-13-4-2-3-9-19-13)14-11(7-8-18)5-6-12(16)15(14)17/h5-6,10,13H,2-4,7-9,18H2,1H3. The van der Waals surface area contributed by atoms with Crippen LogP contribution in [0.25, 0.3) is 0 Å². The van der Waals surface area contributed by atoms with E-state index in [9.17, 15) is 0 Å². The number of hydrogen-bond donors (Lipinski definition) is 1. The predicted molar refractivity (Wildman–Crippen MR) is 82.3 cm³/mol. The van der Waals surface area contributed by atoms with E-state index in [2.05, 4.69) is 0 Å². The van der Waals surface area contributed by atoms with Crippen molar-refractivity contribution in [2.75, 3.05) is 13.2 Å². The van der Waals surface area contributed by atoms with E-state index in [4.69, 9.17) is 38.4 Å². The summed E-state index contributed by atoms with van der Waals surface area (Å²) in [4.78, 5) is 0. The Balaban J connectivity index is 2.18. The quantitative estimate of drug-likeness (QED) is 0.889. The van der Waals surface area contributed by atoms with Crippen LogP contribution in [-0.4, -0.2) is 19.4 Å². The van der Waals surface area contributed by atoms with Crippen molar-refractivity contribution in [1.29, 1.82) is 0 Å². The van der Waals surface area contributed by atoms with Crippen molar-refractivity contribution < 1.29 is 9.47 Å². The van der Waals surface area contributed by atoms with Crippen molar-refractivity contribution in [3.63, 3.8) is 0 Å². The molecule has 1 aromatic rings. The summed E-state index contributed by atoms with van der Waals surface area (Å²) >= 11 is 12.5. The van der Waals surface area contributed by atoms with Gasteiger partial charge in [-0.3, -0.25) is 0 Å². The van der Waals surface area contributed by atoms with E-state index >= 15 is 0 Å². The second kappa shape index (κ2) is 7.62. The van der Waals surface area contributed by atoms with Crippen molar-refractivity contribution in [1.82, 2.24) is 0 Å². The summed E-state index contributed by atoms with van der Waals surface area (Å²) in [6.45, 7) is 3.31. The molecule has 0 aromatic heterocycles. The van der Waals surface area contributed by atoms with E-state index in [1.807, 2.05) is 19.1 Å². The minimum atomic E-state index is -0.161. The molecule has 0 amide bonds. The largest absolute Gasteiger partial charge is 0.353 e. The maximum absolute atomic E-state index is 6.35. The maximum atomic E-state index is 6.35. The molecule has 0 radical (unpaired) electrons. The number of benzene rings is 1. The molecule has 1 heterocycles. The molecule has 2 rings (SSSR count). The summed E-state index contributed by atoms with van der Waals surface area (Å²) in [7, 11) is 0. The first kappa shape index (κ1) is 16.1. The lowest BCUT2D eigenvalue weighted by Crippen LogP contribution is -2.24. The van der Waals surface area contributed by atoms with Crippen LogP contribution in [0.5, 0.6) is 0 Å². The van der Waals surface area contributed by atoms with Gasteiger partial charge in [0, 0.05) is 12.2 Å². The van der Waals surface area contributed by atoms with E-state index in [0.29, 0.717) is 16.6 Å². The van der Waals surface area contributed by atoms with Crippen LogP contribution < -0.4 is 5.73 Å². The lowest BCUT2D eigenvalue weighted by molar-refractivity contribution is -0.186. The molecular formula is C15H21Cl2NO2. The van der Waals surface area contributed by atoms with Gasteiger partial charge in [0.05, 0.1) is 16.1 Å². The van der Waals surface area contributed by atoms with Gasteiger partial charge < -0.3 is 15.2 Å². The number of hydrogen-bond acceptors (Lipinski definition) is 3. The van der Waals surface area contributed by atoms with Crippen LogP contribution in [0.15, 0.2) is 12.1 Å². The first-order valence-electron chi connectivity index (χ1n) is 7.07. The highest BCUT2D eigenvalue weighted by atomic mass is 35.5. The van der Waals surface area contributed by atoms with Crippen LogP contribution in [0.3, 0.4) is 0 Å². The van der Waals surface area contributed by atoms with Crippen molar-refractivity contribution in [2.24, 2.45) is 5.73 Å². The highest BCUT2D eigenvalue weighted by Crippen LogP contribution is 2.36. The molecule has 1 aromatic carbocycles. The summed E-state index contributed by atoms with van der Waals surface area (Å²) in [6, 6.07) is 3.78. The lowest BCUT2D eigenvalue weighted by atomic mass is 10.0. The number of halogens is 2. The molecule has 0 spiro atoms. The Labute approximate surface area is 130 Å². The van der Waals surface area contributed by atoms with Gasteiger partial charge in [0.15, 0.2) is 6.29 Å². The molecule has 0 bridgehead atoms. The van der Waals surface area contributed by atoms with Gasteiger partial charge in [0.2, 0.25) is 0 Å². The van der Waals surface area contributed by atoms with Crippen molar-refractivity contribution in [2.45, 2.75) is 45.0 Å². The Morgan fingerprint density at radius 2 is 2.20 bits per heavy atom. The van der Waals surface area contributed by atoms with Gasteiger partial charge in [-0.05, 0) is 50.8 Å². The van der Waals surface area contributed by atoms with Crippen LogP contribution in [0.2, 0.25) is 10.0 Å². The lowest BCUT2D eigenvalue weighted by Gasteiger charge is -2.27. The van der Waals surface area contributed by atoms with Gasteiger partial charge in [0.25, 0.3) is 0 Å². The summed E-state index contributed by atoms with van der Waals surface area (Å²) in [5.74, 6) is 0. The molecule has 2 unspecified atom stereocenters. The minimum Gasteiger partial charge on any atom is -0.353 e. The number of rotatable bonds is 5. The molecule has 1 aliphatic rings. The fourth-order valence-electron chi connectivity index (χ4n) is 2.53. The van der Waals surface area contributed by atoms with E-state index < -0.39 is 0 Å². The first-order chi connectivity index (χ1) is 9.63.